The summed E-state index contributed by atoms with van der Waals surface area (Å²) in [5.74, 6) is -1.46. The number of rotatable bonds is 3. The van der Waals surface area contributed by atoms with Crippen molar-refractivity contribution < 1.29 is 19.1 Å². The maximum Gasteiger partial charge on any atom is 0.322 e. The lowest BCUT2D eigenvalue weighted by molar-refractivity contribution is -0.148. The second kappa shape index (κ2) is 6.36. The van der Waals surface area contributed by atoms with Crippen LogP contribution in [0, 0.1) is 0 Å². The van der Waals surface area contributed by atoms with Crippen LogP contribution in [0.15, 0.2) is 36.4 Å². The van der Waals surface area contributed by atoms with Crippen LogP contribution in [0.5, 0.6) is 5.75 Å². The number of halogens is 2. The number of cyclic esters (lactones) is 1. The van der Waals surface area contributed by atoms with Gasteiger partial charge in [-0.3, -0.25) is 9.59 Å². The molecule has 6 heteroatoms. The molecule has 1 heterocycles. The Kier molecular flexibility index (Phi) is 4.52. The molecule has 0 amide bonds. The van der Waals surface area contributed by atoms with Crippen molar-refractivity contribution >= 4 is 35.0 Å². The van der Waals surface area contributed by atoms with Gasteiger partial charge in [-0.15, -0.1) is 0 Å². The summed E-state index contributed by atoms with van der Waals surface area (Å²) in [5.41, 5.74) is 0.825. The molecule has 0 aliphatic carbocycles. The first-order chi connectivity index (χ1) is 11.7. The van der Waals surface area contributed by atoms with E-state index in [0.29, 0.717) is 21.4 Å². The van der Waals surface area contributed by atoms with Crippen molar-refractivity contribution in [2.75, 3.05) is 7.11 Å². The highest BCUT2D eigenvalue weighted by atomic mass is 35.5. The zero-order valence-electron chi connectivity index (χ0n) is 13.9. The minimum atomic E-state index is -1.16. The molecule has 2 aromatic carbocycles. The maximum atomic E-state index is 12.5. The van der Waals surface area contributed by atoms with Gasteiger partial charge in [0.15, 0.2) is 11.4 Å². The number of carbonyl (C=O) groups is 2. The van der Waals surface area contributed by atoms with Crippen molar-refractivity contribution in [1.82, 2.24) is 0 Å². The molecule has 0 saturated carbocycles. The molecule has 1 atom stereocenters. The highest BCUT2D eigenvalue weighted by Crippen LogP contribution is 2.42. The number of ether oxygens (including phenoxy) is 2. The van der Waals surface area contributed by atoms with Gasteiger partial charge in [-0.25, -0.2) is 0 Å². The van der Waals surface area contributed by atoms with Gasteiger partial charge < -0.3 is 9.47 Å². The van der Waals surface area contributed by atoms with Crippen LogP contribution in [0.2, 0.25) is 10.0 Å². The number of methoxy groups -OCH3 is 1. The van der Waals surface area contributed by atoms with Gasteiger partial charge in [-0.2, -0.15) is 0 Å². The van der Waals surface area contributed by atoms with Gasteiger partial charge >= 0.3 is 5.97 Å². The van der Waals surface area contributed by atoms with E-state index in [4.69, 9.17) is 32.7 Å². The van der Waals surface area contributed by atoms with E-state index in [1.165, 1.54) is 7.11 Å². The molecular formula is C19H16Cl2O4. The standard InChI is InChI=1S/C19H16Cl2O4/c1-19(2)17(22)16(18(23)25-19)13-9-15(24-3)12(8-14(13)21)10-4-6-11(20)7-5-10/h4-9,16H,1-3H3. The zero-order valence-corrected chi connectivity index (χ0v) is 15.4. The fourth-order valence-electron chi connectivity index (χ4n) is 2.90. The Hall–Kier alpha value is -2.04. The first-order valence-corrected chi connectivity index (χ1v) is 8.40. The average Bonchev–Trinajstić information content (AvgIpc) is 2.76. The van der Waals surface area contributed by atoms with Crippen molar-refractivity contribution in [1.29, 1.82) is 0 Å². The summed E-state index contributed by atoms with van der Waals surface area (Å²) in [4.78, 5) is 24.7. The highest BCUT2D eigenvalue weighted by Gasteiger charge is 2.50. The van der Waals surface area contributed by atoms with E-state index >= 15 is 0 Å². The van der Waals surface area contributed by atoms with Crippen molar-refractivity contribution in [2.24, 2.45) is 0 Å². The summed E-state index contributed by atoms with van der Waals surface area (Å²) in [6.45, 7) is 3.14. The molecule has 2 aromatic rings. The van der Waals surface area contributed by atoms with E-state index in [2.05, 4.69) is 0 Å². The second-order valence-corrected chi connectivity index (χ2v) is 7.15. The first kappa shape index (κ1) is 17.8. The lowest BCUT2D eigenvalue weighted by atomic mass is 9.88. The third kappa shape index (κ3) is 3.12. The Morgan fingerprint density at radius 3 is 2.24 bits per heavy atom. The lowest BCUT2D eigenvalue weighted by Gasteiger charge is -2.16. The summed E-state index contributed by atoms with van der Waals surface area (Å²) < 4.78 is 10.6. The third-order valence-corrected chi connectivity index (χ3v) is 4.81. The van der Waals surface area contributed by atoms with Crippen LogP contribution in [-0.4, -0.2) is 24.5 Å². The Bertz CT molecular complexity index is 856. The number of esters is 1. The first-order valence-electron chi connectivity index (χ1n) is 7.65. The minimum Gasteiger partial charge on any atom is -0.496 e. The Morgan fingerprint density at radius 2 is 1.72 bits per heavy atom. The smallest absolute Gasteiger partial charge is 0.322 e. The minimum absolute atomic E-state index is 0.304. The van der Waals surface area contributed by atoms with Gasteiger partial charge in [0.05, 0.1) is 7.11 Å². The van der Waals surface area contributed by atoms with Crippen LogP contribution in [-0.2, 0) is 14.3 Å². The van der Waals surface area contributed by atoms with Crippen molar-refractivity contribution in [2.45, 2.75) is 25.4 Å². The Labute approximate surface area is 155 Å². The van der Waals surface area contributed by atoms with E-state index in [9.17, 15) is 9.59 Å². The van der Waals surface area contributed by atoms with E-state index in [-0.39, 0.29) is 5.78 Å². The fourth-order valence-corrected chi connectivity index (χ4v) is 3.30. The summed E-state index contributed by atoms with van der Waals surface area (Å²) in [6, 6.07) is 10.5. The summed E-state index contributed by atoms with van der Waals surface area (Å²) in [7, 11) is 1.52. The largest absolute Gasteiger partial charge is 0.496 e. The molecule has 0 aromatic heterocycles. The number of ketones is 1. The van der Waals surface area contributed by atoms with Crippen LogP contribution < -0.4 is 4.74 Å². The van der Waals surface area contributed by atoms with Crippen molar-refractivity contribution in [3.8, 4) is 16.9 Å². The van der Waals surface area contributed by atoms with Crippen LogP contribution >= 0.6 is 23.2 Å². The Balaban J connectivity index is 2.11. The molecular weight excluding hydrogens is 363 g/mol. The molecule has 4 nitrogen and oxygen atoms in total. The lowest BCUT2D eigenvalue weighted by Crippen LogP contribution is -2.29. The molecule has 1 saturated heterocycles. The molecule has 0 spiro atoms. The number of benzene rings is 2. The molecule has 1 aliphatic heterocycles. The van der Waals surface area contributed by atoms with Gasteiger partial charge in [-0.05, 0) is 49.2 Å². The zero-order chi connectivity index (χ0) is 18.4. The molecule has 1 unspecified atom stereocenters. The Morgan fingerprint density at radius 1 is 1.08 bits per heavy atom. The quantitative estimate of drug-likeness (QED) is 0.575. The summed E-state index contributed by atoms with van der Waals surface area (Å²) in [5, 5.41) is 0.922. The molecule has 0 N–H and O–H groups in total. The van der Waals surface area contributed by atoms with Gasteiger partial charge in [-0.1, -0.05) is 35.3 Å². The van der Waals surface area contributed by atoms with Crippen LogP contribution in [0.25, 0.3) is 11.1 Å². The van der Waals surface area contributed by atoms with Crippen molar-refractivity contribution in [3.63, 3.8) is 0 Å². The van der Waals surface area contributed by atoms with Crippen molar-refractivity contribution in [3.05, 3.63) is 52.0 Å². The normalized spacial score (nSPS) is 19.0. The van der Waals surface area contributed by atoms with Crippen LogP contribution in [0.4, 0.5) is 0 Å². The molecule has 130 valence electrons. The highest BCUT2D eigenvalue weighted by molar-refractivity contribution is 6.33. The SMILES string of the molecule is COc1cc(C2C(=O)OC(C)(C)C2=O)c(Cl)cc1-c1ccc(Cl)cc1. The predicted molar refractivity (Wildman–Crippen MR) is 96.4 cm³/mol. The van der Waals surface area contributed by atoms with Gasteiger partial charge in [0.1, 0.15) is 11.7 Å². The maximum absolute atomic E-state index is 12.5. The molecule has 1 fully saturated rings. The molecule has 0 bridgehead atoms. The number of hydrogen-bond acceptors (Lipinski definition) is 4. The second-order valence-electron chi connectivity index (χ2n) is 6.31. The monoisotopic (exact) mass is 378 g/mol. The summed E-state index contributed by atoms with van der Waals surface area (Å²) >= 11 is 12.3. The van der Waals surface area contributed by atoms with Gasteiger partial charge in [0, 0.05) is 15.6 Å². The van der Waals surface area contributed by atoms with Crippen LogP contribution in [0.1, 0.15) is 25.3 Å². The third-order valence-electron chi connectivity index (χ3n) is 4.23. The van der Waals surface area contributed by atoms with Gasteiger partial charge in [0.2, 0.25) is 0 Å². The average molecular weight is 379 g/mol. The summed E-state index contributed by atoms with van der Waals surface area (Å²) in [6.07, 6.45) is 0. The number of Topliss-reactive ketones (excluding diaryl/α,β-unsaturated/α-hetero) is 1. The van der Waals surface area contributed by atoms with Gasteiger partial charge in [0.25, 0.3) is 0 Å². The number of carbonyl (C=O) groups excluding carboxylic acids is 2. The van der Waals surface area contributed by atoms with E-state index in [0.717, 1.165) is 11.1 Å². The molecule has 1 aliphatic rings. The van der Waals surface area contributed by atoms with Crippen LogP contribution in [0.3, 0.4) is 0 Å². The number of hydrogen-bond donors (Lipinski definition) is 0. The van der Waals surface area contributed by atoms with E-state index in [1.807, 2.05) is 12.1 Å². The predicted octanol–water partition coefficient (Wildman–Crippen LogP) is 4.66. The van der Waals surface area contributed by atoms with E-state index < -0.39 is 17.5 Å². The topological polar surface area (TPSA) is 52.6 Å². The van der Waals surface area contributed by atoms with E-state index in [1.54, 1.807) is 38.1 Å². The molecule has 0 radical (unpaired) electrons. The molecule has 3 rings (SSSR count). The fraction of sp³-hybridized carbons (Fsp3) is 0.263. The molecule has 25 heavy (non-hydrogen) atoms.